The van der Waals surface area contributed by atoms with Crippen LogP contribution in [0.5, 0.6) is 5.75 Å². The number of ether oxygens (including phenoxy) is 1. The van der Waals surface area contributed by atoms with Gasteiger partial charge >= 0.3 is 0 Å². The summed E-state index contributed by atoms with van der Waals surface area (Å²) in [4.78, 5) is 0. The molecular formula is C15H23NO. The van der Waals surface area contributed by atoms with E-state index in [2.05, 4.69) is 31.3 Å². The Balaban J connectivity index is 1.98. The van der Waals surface area contributed by atoms with E-state index in [1.54, 1.807) is 7.11 Å². The lowest BCUT2D eigenvalue weighted by molar-refractivity contribution is 0.281. The van der Waals surface area contributed by atoms with Gasteiger partial charge in [-0.15, -0.1) is 0 Å². The van der Waals surface area contributed by atoms with Crippen molar-refractivity contribution in [3.05, 3.63) is 29.8 Å². The minimum absolute atomic E-state index is 0.433. The fourth-order valence-corrected chi connectivity index (χ4v) is 2.79. The Morgan fingerprint density at radius 3 is 2.76 bits per heavy atom. The van der Waals surface area contributed by atoms with E-state index in [4.69, 9.17) is 4.74 Å². The molecule has 1 atom stereocenters. The topological polar surface area (TPSA) is 21.3 Å². The molecule has 94 valence electrons. The Bertz CT molecular complexity index is 373. The molecule has 0 bridgehead atoms. The molecule has 1 unspecified atom stereocenters. The summed E-state index contributed by atoms with van der Waals surface area (Å²) in [6.45, 7) is 5.62. The molecule has 2 nitrogen and oxygen atoms in total. The van der Waals surface area contributed by atoms with E-state index in [0.717, 1.165) is 12.3 Å². The van der Waals surface area contributed by atoms with Gasteiger partial charge in [0.1, 0.15) is 5.75 Å². The fraction of sp³-hybridized carbons (Fsp3) is 0.600. The first kappa shape index (κ1) is 12.4. The van der Waals surface area contributed by atoms with Crippen LogP contribution >= 0.6 is 0 Å². The van der Waals surface area contributed by atoms with Gasteiger partial charge in [-0.2, -0.15) is 0 Å². The molecule has 0 spiro atoms. The van der Waals surface area contributed by atoms with Crippen LogP contribution in [0.2, 0.25) is 0 Å². The Labute approximate surface area is 104 Å². The van der Waals surface area contributed by atoms with Gasteiger partial charge in [-0.25, -0.2) is 0 Å². The average Bonchev–Trinajstić information content (AvgIpc) is 2.66. The molecule has 1 N–H and O–H groups in total. The second-order valence-electron chi connectivity index (χ2n) is 5.63. The summed E-state index contributed by atoms with van der Waals surface area (Å²) in [6, 6.07) is 8.87. The van der Waals surface area contributed by atoms with Crippen LogP contribution in [-0.2, 0) is 6.54 Å². The van der Waals surface area contributed by atoms with Gasteiger partial charge in [0.05, 0.1) is 7.11 Å². The third kappa shape index (κ3) is 2.81. The maximum Gasteiger partial charge on any atom is 0.123 e. The molecule has 1 aromatic carbocycles. The van der Waals surface area contributed by atoms with Crippen LogP contribution in [0.4, 0.5) is 0 Å². The second kappa shape index (κ2) is 5.09. The first-order chi connectivity index (χ1) is 8.13. The van der Waals surface area contributed by atoms with Crippen molar-refractivity contribution >= 4 is 0 Å². The van der Waals surface area contributed by atoms with Gasteiger partial charge in [0.25, 0.3) is 0 Å². The number of benzene rings is 1. The minimum Gasteiger partial charge on any atom is -0.496 e. The van der Waals surface area contributed by atoms with Crippen LogP contribution in [0, 0.1) is 5.41 Å². The van der Waals surface area contributed by atoms with Crippen LogP contribution in [0.1, 0.15) is 38.7 Å². The van der Waals surface area contributed by atoms with Gasteiger partial charge in [-0.05, 0) is 24.3 Å². The third-order valence-electron chi connectivity index (χ3n) is 3.99. The van der Waals surface area contributed by atoms with E-state index in [1.807, 2.05) is 12.1 Å². The predicted molar refractivity (Wildman–Crippen MR) is 71.3 cm³/mol. The molecule has 1 saturated carbocycles. The zero-order valence-electron chi connectivity index (χ0n) is 11.1. The van der Waals surface area contributed by atoms with Crippen LogP contribution in [0.25, 0.3) is 0 Å². The average molecular weight is 233 g/mol. The van der Waals surface area contributed by atoms with Crippen molar-refractivity contribution in [3.8, 4) is 5.75 Å². The Morgan fingerprint density at radius 2 is 2.12 bits per heavy atom. The minimum atomic E-state index is 0.433. The van der Waals surface area contributed by atoms with Crippen LogP contribution in [0.15, 0.2) is 24.3 Å². The van der Waals surface area contributed by atoms with E-state index >= 15 is 0 Å². The van der Waals surface area contributed by atoms with Gasteiger partial charge in [0.2, 0.25) is 0 Å². The highest BCUT2D eigenvalue weighted by Gasteiger charge is 2.33. The quantitative estimate of drug-likeness (QED) is 0.861. The smallest absolute Gasteiger partial charge is 0.123 e. The molecule has 0 amide bonds. The summed E-state index contributed by atoms with van der Waals surface area (Å²) in [5.41, 5.74) is 1.68. The first-order valence-corrected chi connectivity index (χ1v) is 6.49. The third-order valence-corrected chi connectivity index (χ3v) is 3.99. The van der Waals surface area contributed by atoms with Gasteiger partial charge < -0.3 is 10.1 Å². The highest BCUT2D eigenvalue weighted by Crippen LogP contribution is 2.37. The molecule has 2 heteroatoms. The van der Waals surface area contributed by atoms with E-state index in [-0.39, 0.29) is 0 Å². The summed E-state index contributed by atoms with van der Waals surface area (Å²) in [7, 11) is 1.73. The molecule has 0 saturated heterocycles. The highest BCUT2D eigenvalue weighted by molar-refractivity contribution is 5.33. The monoisotopic (exact) mass is 233 g/mol. The Morgan fingerprint density at radius 1 is 1.35 bits per heavy atom. The second-order valence-corrected chi connectivity index (χ2v) is 5.63. The molecule has 0 aromatic heterocycles. The fourth-order valence-electron chi connectivity index (χ4n) is 2.79. The van der Waals surface area contributed by atoms with Gasteiger partial charge in [0, 0.05) is 18.2 Å². The molecule has 0 aliphatic heterocycles. The Kier molecular flexibility index (Phi) is 3.72. The molecule has 1 aromatic rings. The van der Waals surface area contributed by atoms with Crippen LogP contribution in [0.3, 0.4) is 0 Å². The van der Waals surface area contributed by atoms with Crippen molar-refractivity contribution in [1.82, 2.24) is 5.32 Å². The number of methoxy groups -OCH3 is 1. The molecule has 0 radical (unpaired) electrons. The van der Waals surface area contributed by atoms with Gasteiger partial charge in [-0.3, -0.25) is 0 Å². The maximum atomic E-state index is 5.37. The molecule has 0 heterocycles. The molecular weight excluding hydrogens is 210 g/mol. The maximum absolute atomic E-state index is 5.37. The van der Waals surface area contributed by atoms with Crippen molar-refractivity contribution in [2.24, 2.45) is 5.41 Å². The SMILES string of the molecule is COc1ccccc1CNC1CCCC1(C)C. The van der Waals surface area contributed by atoms with Crippen molar-refractivity contribution < 1.29 is 4.74 Å². The Hall–Kier alpha value is -1.02. The lowest BCUT2D eigenvalue weighted by Gasteiger charge is -2.28. The number of hydrogen-bond acceptors (Lipinski definition) is 2. The van der Waals surface area contributed by atoms with Crippen LogP contribution < -0.4 is 10.1 Å². The molecule has 1 aliphatic rings. The lowest BCUT2D eigenvalue weighted by atomic mass is 9.87. The lowest BCUT2D eigenvalue weighted by Crippen LogP contribution is -2.37. The number of rotatable bonds is 4. The standard InChI is InChI=1S/C15H23NO/c1-15(2)10-6-9-14(15)16-11-12-7-4-5-8-13(12)17-3/h4-5,7-8,14,16H,6,9-11H2,1-3H3. The van der Waals surface area contributed by atoms with Crippen molar-refractivity contribution in [2.45, 2.75) is 45.7 Å². The van der Waals surface area contributed by atoms with Crippen molar-refractivity contribution in [1.29, 1.82) is 0 Å². The van der Waals surface area contributed by atoms with E-state index in [1.165, 1.54) is 24.8 Å². The predicted octanol–water partition coefficient (Wildman–Crippen LogP) is 3.36. The summed E-state index contributed by atoms with van der Waals surface area (Å²) >= 11 is 0. The van der Waals surface area contributed by atoms with E-state index < -0.39 is 0 Å². The van der Waals surface area contributed by atoms with Gasteiger partial charge in [0.15, 0.2) is 0 Å². The summed E-state index contributed by atoms with van der Waals surface area (Å²) in [5, 5.41) is 3.68. The summed E-state index contributed by atoms with van der Waals surface area (Å²) < 4.78 is 5.37. The van der Waals surface area contributed by atoms with Crippen molar-refractivity contribution in [3.63, 3.8) is 0 Å². The van der Waals surface area contributed by atoms with E-state index in [9.17, 15) is 0 Å². The normalized spacial score (nSPS) is 22.6. The molecule has 1 aliphatic carbocycles. The first-order valence-electron chi connectivity index (χ1n) is 6.49. The van der Waals surface area contributed by atoms with E-state index in [0.29, 0.717) is 11.5 Å². The van der Waals surface area contributed by atoms with Crippen LogP contribution in [-0.4, -0.2) is 13.2 Å². The van der Waals surface area contributed by atoms with Crippen molar-refractivity contribution in [2.75, 3.05) is 7.11 Å². The molecule has 17 heavy (non-hydrogen) atoms. The number of para-hydroxylation sites is 1. The number of nitrogens with one attached hydrogen (secondary N) is 1. The highest BCUT2D eigenvalue weighted by atomic mass is 16.5. The summed E-state index contributed by atoms with van der Waals surface area (Å²) in [5.74, 6) is 0.982. The molecule has 2 rings (SSSR count). The summed E-state index contributed by atoms with van der Waals surface area (Å²) in [6.07, 6.45) is 3.97. The van der Waals surface area contributed by atoms with Gasteiger partial charge in [-0.1, -0.05) is 38.5 Å². The zero-order chi connectivity index (χ0) is 12.3. The molecule has 1 fully saturated rings. The zero-order valence-corrected chi connectivity index (χ0v) is 11.1. The number of hydrogen-bond donors (Lipinski definition) is 1. The largest absolute Gasteiger partial charge is 0.496 e.